The lowest BCUT2D eigenvalue weighted by Crippen LogP contribution is -2.42. The molecule has 3 aromatic rings. The molecule has 1 aromatic carbocycles. The summed E-state index contributed by atoms with van der Waals surface area (Å²) in [7, 11) is 1.62. The van der Waals surface area contributed by atoms with Gasteiger partial charge >= 0.3 is 0 Å². The molecule has 0 saturated carbocycles. The van der Waals surface area contributed by atoms with Crippen molar-refractivity contribution in [3.63, 3.8) is 0 Å². The Morgan fingerprint density at radius 3 is 2.69 bits per heavy atom. The van der Waals surface area contributed by atoms with Crippen LogP contribution in [0, 0.1) is 5.82 Å². The highest BCUT2D eigenvalue weighted by Crippen LogP contribution is 2.28. The molecule has 0 spiro atoms. The number of rotatable bonds is 7. The van der Waals surface area contributed by atoms with Crippen molar-refractivity contribution in [2.75, 3.05) is 40.0 Å². The molecule has 0 aliphatic carbocycles. The fourth-order valence-corrected chi connectivity index (χ4v) is 4.55. The summed E-state index contributed by atoms with van der Waals surface area (Å²) < 4.78 is 31.0. The summed E-state index contributed by atoms with van der Waals surface area (Å²) in [6.45, 7) is 4.68. The van der Waals surface area contributed by atoms with Crippen molar-refractivity contribution in [3.8, 4) is 17.4 Å². The number of likely N-dealkylation sites (tertiary alicyclic amines) is 1. The number of benzene rings is 1. The molecule has 0 unspecified atom stereocenters. The molecule has 4 heterocycles. The monoisotopic (exact) mass is 524 g/mol. The summed E-state index contributed by atoms with van der Waals surface area (Å²) >= 11 is 0. The lowest BCUT2D eigenvalue weighted by molar-refractivity contribution is 0.164. The molecule has 190 valence electrons. The molecule has 0 radical (unpaired) electrons. The topological polar surface area (TPSA) is 68.7 Å². The van der Waals surface area contributed by atoms with Crippen LogP contribution in [0.4, 0.5) is 4.39 Å². The normalized spacial score (nSPS) is 15.8. The molecule has 0 atom stereocenters. The SMILES string of the molecule is COc1ccc2ncc(F)c(CCN3CCC(NCc4cnc5c(c4)OCCO5)CC3)c2c1.Cl.Cl. The summed E-state index contributed by atoms with van der Waals surface area (Å²) in [6, 6.07) is 8.08. The standard InChI is InChI=1S/C25H29FN4O3.2ClH/c1-31-19-2-3-23-21(13-19)20(22(26)16-28-23)6-9-30-7-4-18(5-8-30)27-14-17-12-24-25(29-15-17)33-11-10-32-24;;/h2-3,12-13,15-16,18,27H,4-11,14H2,1H3;2*1H. The number of halogens is 3. The number of nitrogens with zero attached hydrogens (tertiary/aromatic N) is 3. The zero-order chi connectivity index (χ0) is 22.6. The van der Waals surface area contributed by atoms with Gasteiger partial charge in [0.1, 0.15) is 24.8 Å². The van der Waals surface area contributed by atoms with Crippen molar-refractivity contribution in [3.05, 3.63) is 53.6 Å². The number of nitrogens with one attached hydrogen (secondary N) is 1. The fraction of sp³-hybridized carbons (Fsp3) is 0.440. The Balaban J connectivity index is 0.00000171. The summed E-state index contributed by atoms with van der Waals surface area (Å²) in [5.74, 6) is 1.77. The molecule has 10 heteroatoms. The second kappa shape index (κ2) is 12.5. The molecule has 0 amide bonds. The van der Waals surface area contributed by atoms with Gasteiger partial charge in [-0.1, -0.05) is 0 Å². The second-order valence-corrected chi connectivity index (χ2v) is 8.56. The van der Waals surface area contributed by atoms with Crippen LogP contribution in [0.2, 0.25) is 0 Å². The van der Waals surface area contributed by atoms with E-state index in [0.717, 1.165) is 67.0 Å². The minimum Gasteiger partial charge on any atom is -0.497 e. The first-order valence-corrected chi connectivity index (χ1v) is 11.5. The van der Waals surface area contributed by atoms with E-state index in [1.807, 2.05) is 30.5 Å². The van der Waals surface area contributed by atoms with Crippen LogP contribution in [0.25, 0.3) is 10.9 Å². The molecule has 7 nitrogen and oxygen atoms in total. The van der Waals surface area contributed by atoms with E-state index in [1.165, 1.54) is 6.20 Å². The maximum absolute atomic E-state index is 14.6. The van der Waals surface area contributed by atoms with Gasteiger partial charge in [0.2, 0.25) is 0 Å². The van der Waals surface area contributed by atoms with Crippen LogP contribution >= 0.6 is 24.8 Å². The third-order valence-electron chi connectivity index (χ3n) is 6.45. The maximum Gasteiger partial charge on any atom is 0.257 e. The second-order valence-electron chi connectivity index (χ2n) is 8.56. The highest BCUT2D eigenvalue weighted by Gasteiger charge is 2.20. The van der Waals surface area contributed by atoms with Crippen molar-refractivity contribution in [1.29, 1.82) is 0 Å². The smallest absolute Gasteiger partial charge is 0.257 e. The van der Waals surface area contributed by atoms with Crippen LogP contribution in [-0.4, -0.2) is 60.9 Å². The third-order valence-corrected chi connectivity index (χ3v) is 6.45. The molecule has 2 aliphatic heterocycles. The Morgan fingerprint density at radius 2 is 1.89 bits per heavy atom. The van der Waals surface area contributed by atoms with Gasteiger partial charge in [-0.3, -0.25) is 4.98 Å². The summed E-state index contributed by atoms with van der Waals surface area (Å²) in [4.78, 5) is 11.0. The maximum atomic E-state index is 14.6. The van der Waals surface area contributed by atoms with Crippen LogP contribution in [0.5, 0.6) is 17.4 Å². The predicted molar refractivity (Wildman–Crippen MR) is 138 cm³/mol. The molecule has 2 aromatic heterocycles. The highest BCUT2D eigenvalue weighted by atomic mass is 35.5. The fourth-order valence-electron chi connectivity index (χ4n) is 4.55. The van der Waals surface area contributed by atoms with Gasteiger partial charge in [-0.2, -0.15) is 0 Å². The Hall–Kier alpha value is -2.39. The van der Waals surface area contributed by atoms with E-state index in [0.29, 0.717) is 37.1 Å². The Labute approximate surface area is 217 Å². The number of piperidine rings is 1. The molecule has 1 saturated heterocycles. The zero-order valence-electron chi connectivity index (χ0n) is 19.7. The molecule has 35 heavy (non-hydrogen) atoms. The van der Waals surface area contributed by atoms with Gasteiger partial charge in [0.05, 0.1) is 18.8 Å². The van der Waals surface area contributed by atoms with Crippen LogP contribution in [-0.2, 0) is 13.0 Å². The molecule has 1 fully saturated rings. The molecule has 5 rings (SSSR count). The van der Waals surface area contributed by atoms with E-state index in [4.69, 9.17) is 14.2 Å². The van der Waals surface area contributed by atoms with Crippen LogP contribution in [0.3, 0.4) is 0 Å². The summed E-state index contributed by atoms with van der Waals surface area (Å²) in [6.07, 6.45) is 5.95. The van der Waals surface area contributed by atoms with Gasteiger partial charge < -0.3 is 24.4 Å². The number of aromatic nitrogens is 2. The number of hydrogen-bond donors (Lipinski definition) is 1. The summed E-state index contributed by atoms with van der Waals surface area (Å²) in [5.41, 5.74) is 2.60. The first-order chi connectivity index (χ1) is 16.2. The van der Waals surface area contributed by atoms with Gasteiger partial charge in [0.25, 0.3) is 5.88 Å². The van der Waals surface area contributed by atoms with E-state index in [-0.39, 0.29) is 30.6 Å². The Bertz CT molecular complexity index is 1130. The van der Waals surface area contributed by atoms with E-state index in [1.54, 1.807) is 7.11 Å². The van der Waals surface area contributed by atoms with E-state index in [2.05, 4.69) is 20.2 Å². The van der Waals surface area contributed by atoms with Gasteiger partial charge in [-0.15, -0.1) is 24.8 Å². The zero-order valence-corrected chi connectivity index (χ0v) is 21.3. The minimum atomic E-state index is -0.250. The average molecular weight is 525 g/mol. The lowest BCUT2D eigenvalue weighted by Gasteiger charge is -2.32. The number of pyridine rings is 2. The number of ether oxygens (including phenoxy) is 3. The van der Waals surface area contributed by atoms with Crippen molar-refractivity contribution in [2.24, 2.45) is 0 Å². The summed E-state index contributed by atoms with van der Waals surface area (Å²) in [5, 5.41) is 4.47. The molecule has 1 N–H and O–H groups in total. The first kappa shape index (κ1) is 27.2. The Kier molecular flexibility index (Phi) is 9.74. The molecule has 0 bridgehead atoms. The van der Waals surface area contributed by atoms with Crippen molar-refractivity contribution >= 4 is 35.7 Å². The number of methoxy groups -OCH3 is 1. The highest BCUT2D eigenvalue weighted by molar-refractivity contribution is 5.85. The van der Waals surface area contributed by atoms with Gasteiger partial charge in [0.15, 0.2) is 5.75 Å². The quantitative estimate of drug-likeness (QED) is 0.496. The first-order valence-electron chi connectivity index (χ1n) is 11.5. The van der Waals surface area contributed by atoms with E-state index in [9.17, 15) is 4.39 Å². The molecular formula is C25H31Cl2FN4O3. The Morgan fingerprint density at radius 1 is 1.09 bits per heavy atom. The largest absolute Gasteiger partial charge is 0.497 e. The van der Waals surface area contributed by atoms with Crippen LogP contribution in [0.1, 0.15) is 24.0 Å². The van der Waals surface area contributed by atoms with Gasteiger partial charge in [-0.05, 0) is 62.2 Å². The molecule has 2 aliphatic rings. The van der Waals surface area contributed by atoms with Gasteiger partial charge in [-0.25, -0.2) is 9.37 Å². The number of fused-ring (bicyclic) bond motifs is 2. The van der Waals surface area contributed by atoms with Gasteiger partial charge in [0, 0.05) is 36.3 Å². The van der Waals surface area contributed by atoms with Crippen LogP contribution in [0.15, 0.2) is 36.7 Å². The van der Waals surface area contributed by atoms with E-state index < -0.39 is 0 Å². The third kappa shape index (κ3) is 6.44. The van der Waals surface area contributed by atoms with Crippen molar-refractivity contribution in [1.82, 2.24) is 20.2 Å². The minimum absolute atomic E-state index is 0. The predicted octanol–water partition coefficient (Wildman–Crippen LogP) is 4.19. The van der Waals surface area contributed by atoms with E-state index >= 15 is 0 Å². The lowest BCUT2D eigenvalue weighted by atomic mass is 10.0. The van der Waals surface area contributed by atoms with Crippen LogP contribution < -0.4 is 19.5 Å². The van der Waals surface area contributed by atoms with Crippen molar-refractivity contribution < 1.29 is 18.6 Å². The average Bonchev–Trinajstić information content (AvgIpc) is 2.87. The number of hydrogen-bond acceptors (Lipinski definition) is 7. The molecular weight excluding hydrogens is 494 g/mol. The van der Waals surface area contributed by atoms with Crippen molar-refractivity contribution in [2.45, 2.75) is 31.8 Å².